The summed E-state index contributed by atoms with van der Waals surface area (Å²) in [7, 11) is 0. The van der Waals surface area contributed by atoms with Crippen LogP contribution in [0.25, 0.3) is 10.2 Å². The lowest BCUT2D eigenvalue weighted by atomic mass is 10.1. The van der Waals surface area contributed by atoms with Gasteiger partial charge in [-0.1, -0.05) is 42.5 Å². The quantitative estimate of drug-likeness (QED) is 0.611. The molecule has 0 aliphatic heterocycles. The monoisotopic (exact) mass is 370 g/mol. The van der Waals surface area contributed by atoms with Gasteiger partial charge in [-0.2, -0.15) is 4.99 Å². The average Bonchev–Trinajstić information content (AvgIpc) is 2.97. The Hall–Kier alpha value is -1.85. The van der Waals surface area contributed by atoms with Gasteiger partial charge in [0.05, 0.1) is 16.6 Å². The molecule has 0 N–H and O–H groups in total. The number of hydrogen-bond acceptors (Lipinski definition) is 3. The van der Waals surface area contributed by atoms with Crippen LogP contribution in [0.5, 0.6) is 0 Å². The minimum absolute atomic E-state index is 0.0944. The number of fused-ring (bicyclic) bond motifs is 1. The highest BCUT2D eigenvalue weighted by molar-refractivity contribution is 7.98. The highest BCUT2D eigenvalue weighted by Gasteiger charge is 2.08. The normalized spacial score (nSPS) is 12.0. The van der Waals surface area contributed by atoms with Gasteiger partial charge in [-0.05, 0) is 48.9 Å². The van der Waals surface area contributed by atoms with E-state index in [-0.39, 0.29) is 5.91 Å². The first-order chi connectivity index (χ1) is 12.1. The Morgan fingerprint density at radius 3 is 2.48 bits per heavy atom. The van der Waals surface area contributed by atoms with Crippen molar-refractivity contribution in [1.29, 1.82) is 0 Å². The molecule has 1 amide bonds. The van der Waals surface area contributed by atoms with Gasteiger partial charge in [0.15, 0.2) is 4.80 Å². The number of rotatable bonds is 5. The predicted molar refractivity (Wildman–Crippen MR) is 107 cm³/mol. The van der Waals surface area contributed by atoms with Crippen LogP contribution in [-0.2, 0) is 24.2 Å². The van der Waals surface area contributed by atoms with E-state index in [0.29, 0.717) is 6.42 Å². The lowest BCUT2D eigenvalue weighted by Gasteiger charge is -2.02. The summed E-state index contributed by atoms with van der Waals surface area (Å²) in [6.45, 7) is 5.01. The van der Waals surface area contributed by atoms with Crippen LogP contribution in [0.3, 0.4) is 0 Å². The van der Waals surface area contributed by atoms with E-state index >= 15 is 0 Å². The van der Waals surface area contributed by atoms with E-state index in [0.717, 1.165) is 28.8 Å². The van der Waals surface area contributed by atoms with Gasteiger partial charge in [0.2, 0.25) is 0 Å². The molecule has 3 nitrogen and oxygen atoms in total. The zero-order valence-electron chi connectivity index (χ0n) is 14.8. The third-order valence-electron chi connectivity index (χ3n) is 4.21. The number of aryl methyl sites for hydroxylation is 2. The van der Waals surface area contributed by atoms with Crippen LogP contribution in [-0.4, -0.2) is 16.7 Å². The Kier molecular flexibility index (Phi) is 5.76. The number of benzene rings is 2. The summed E-state index contributed by atoms with van der Waals surface area (Å²) in [5, 5.41) is 0. The fourth-order valence-corrected chi connectivity index (χ4v) is 4.45. The molecule has 0 saturated heterocycles. The first kappa shape index (κ1) is 18.0. The molecule has 25 heavy (non-hydrogen) atoms. The van der Waals surface area contributed by atoms with Crippen molar-refractivity contribution >= 4 is 39.2 Å². The zero-order chi connectivity index (χ0) is 17.8. The molecule has 0 radical (unpaired) electrons. The van der Waals surface area contributed by atoms with Crippen LogP contribution in [0.1, 0.15) is 25.0 Å². The van der Waals surface area contributed by atoms with Crippen molar-refractivity contribution in [2.75, 3.05) is 6.26 Å². The van der Waals surface area contributed by atoms with Gasteiger partial charge in [0.25, 0.3) is 5.91 Å². The van der Waals surface area contributed by atoms with Crippen molar-refractivity contribution in [3.8, 4) is 0 Å². The maximum absolute atomic E-state index is 12.4. The van der Waals surface area contributed by atoms with Crippen molar-refractivity contribution in [2.45, 2.75) is 38.1 Å². The highest BCUT2D eigenvalue weighted by atomic mass is 32.2. The molecular weight excluding hydrogens is 348 g/mol. The minimum atomic E-state index is -0.0944. The van der Waals surface area contributed by atoms with Crippen LogP contribution in [0.4, 0.5) is 0 Å². The Bertz CT molecular complexity index is 952. The van der Waals surface area contributed by atoms with Gasteiger partial charge < -0.3 is 4.57 Å². The SMILES string of the molecule is CCc1ccc(CC(=O)N=c2sc3cc(SC)ccc3n2CC)cc1. The third kappa shape index (κ3) is 4.05. The van der Waals surface area contributed by atoms with Crippen molar-refractivity contribution in [1.82, 2.24) is 4.57 Å². The average molecular weight is 371 g/mol. The van der Waals surface area contributed by atoms with Gasteiger partial charge in [0, 0.05) is 11.4 Å². The molecule has 1 aromatic heterocycles. The first-order valence-electron chi connectivity index (χ1n) is 8.47. The fourth-order valence-electron chi connectivity index (χ4n) is 2.79. The van der Waals surface area contributed by atoms with Crippen molar-refractivity contribution in [3.05, 3.63) is 58.4 Å². The standard InChI is InChI=1S/C20H22N2OS2/c1-4-14-6-8-15(9-7-14)12-19(23)21-20-22(5-2)17-11-10-16(24-3)13-18(17)25-20/h6-11,13H,4-5,12H2,1-3H3. The van der Waals surface area contributed by atoms with E-state index in [2.05, 4.69) is 60.0 Å². The number of carbonyl (C=O) groups excluding carboxylic acids is 1. The molecule has 0 unspecified atom stereocenters. The van der Waals surface area contributed by atoms with Crippen molar-refractivity contribution < 1.29 is 4.79 Å². The molecule has 0 aliphatic rings. The number of aromatic nitrogens is 1. The molecule has 0 saturated carbocycles. The van der Waals surface area contributed by atoms with E-state index in [4.69, 9.17) is 0 Å². The number of thioether (sulfide) groups is 1. The maximum Gasteiger partial charge on any atom is 0.252 e. The Morgan fingerprint density at radius 2 is 1.84 bits per heavy atom. The molecule has 0 aliphatic carbocycles. The Morgan fingerprint density at radius 1 is 1.12 bits per heavy atom. The zero-order valence-corrected chi connectivity index (χ0v) is 16.4. The van der Waals surface area contributed by atoms with Gasteiger partial charge in [-0.25, -0.2) is 0 Å². The second-order valence-corrected chi connectivity index (χ2v) is 7.70. The summed E-state index contributed by atoms with van der Waals surface area (Å²) in [4.78, 5) is 18.8. The van der Waals surface area contributed by atoms with Crippen LogP contribution in [0, 0.1) is 0 Å². The van der Waals surface area contributed by atoms with Crippen LogP contribution < -0.4 is 4.80 Å². The molecule has 0 atom stereocenters. The minimum Gasteiger partial charge on any atom is -0.317 e. The lowest BCUT2D eigenvalue weighted by molar-refractivity contribution is -0.117. The molecular formula is C20H22N2OS2. The molecule has 3 rings (SSSR count). The highest BCUT2D eigenvalue weighted by Crippen LogP contribution is 2.24. The number of amides is 1. The topological polar surface area (TPSA) is 34.4 Å². The molecule has 130 valence electrons. The molecule has 1 heterocycles. The Labute approximate surface area is 156 Å². The summed E-state index contributed by atoms with van der Waals surface area (Å²) in [6, 6.07) is 14.6. The smallest absolute Gasteiger partial charge is 0.252 e. The summed E-state index contributed by atoms with van der Waals surface area (Å²) in [5.41, 5.74) is 3.44. The molecule has 3 aromatic rings. The number of thiazole rings is 1. The summed E-state index contributed by atoms with van der Waals surface area (Å²) in [5.74, 6) is -0.0944. The molecule has 2 aromatic carbocycles. The van der Waals surface area contributed by atoms with Crippen LogP contribution >= 0.6 is 23.1 Å². The van der Waals surface area contributed by atoms with Crippen LogP contribution in [0.15, 0.2) is 52.4 Å². The van der Waals surface area contributed by atoms with Crippen molar-refractivity contribution in [2.24, 2.45) is 4.99 Å². The van der Waals surface area contributed by atoms with E-state index in [9.17, 15) is 4.79 Å². The summed E-state index contributed by atoms with van der Waals surface area (Å²) < 4.78 is 3.29. The van der Waals surface area contributed by atoms with Gasteiger partial charge >= 0.3 is 0 Å². The molecule has 0 fully saturated rings. The summed E-state index contributed by atoms with van der Waals surface area (Å²) in [6.07, 6.45) is 3.42. The molecule has 0 spiro atoms. The largest absolute Gasteiger partial charge is 0.317 e. The third-order valence-corrected chi connectivity index (χ3v) is 5.98. The second kappa shape index (κ2) is 8.02. The fraction of sp³-hybridized carbons (Fsp3) is 0.300. The number of carbonyl (C=O) groups is 1. The van der Waals surface area contributed by atoms with E-state index in [1.165, 1.54) is 15.2 Å². The number of hydrogen-bond donors (Lipinski definition) is 0. The molecule has 0 bridgehead atoms. The lowest BCUT2D eigenvalue weighted by Crippen LogP contribution is -2.16. The van der Waals surface area contributed by atoms with Crippen molar-refractivity contribution in [3.63, 3.8) is 0 Å². The van der Waals surface area contributed by atoms with E-state index in [1.54, 1.807) is 23.1 Å². The van der Waals surface area contributed by atoms with Gasteiger partial charge in [-0.15, -0.1) is 11.8 Å². The van der Waals surface area contributed by atoms with E-state index in [1.807, 2.05) is 12.1 Å². The Balaban J connectivity index is 1.92. The molecule has 5 heteroatoms. The van der Waals surface area contributed by atoms with Gasteiger partial charge in [-0.3, -0.25) is 4.79 Å². The van der Waals surface area contributed by atoms with E-state index < -0.39 is 0 Å². The maximum atomic E-state index is 12.4. The summed E-state index contributed by atoms with van der Waals surface area (Å²) >= 11 is 3.31. The number of nitrogens with zero attached hydrogens (tertiary/aromatic N) is 2. The van der Waals surface area contributed by atoms with Crippen LogP contribution in [0.2, 0.25) is 0 Å². The second-order valence-electron chi connectivity index (χ2n) is 5.81. The first-order valence-corrected chi connectivity index (χ1v) is 10.5. The predicted octanol–water partition coefficient (Wildman–Crippen LogP) is 4.68. The van der Waals surface area contributed by atoms with Gasteiger partial charge in [0.1, 0.15) is 0 Å².